The molecule has 1 aliphatic rings. The number of anilines is 4. The number of para-hydroxylation sites is 1. The van der Waals surface area contributed by atoms with Crippen LogP contribution in [-0.4, -0.2) is 16.5 Å². The molecule has 1 N–H and O–H groups in total. The van der Waals surface area contributed by atoms with E-state index in [1.54, 1.807) is 0 Å². The van der Waals surface area contributed by atoms with Gasteiger partial charge in [-0.1, -0.05) is 37.3 Å². The first-order valence-corrected chi connectivity index (χ1v) is 9.30. The summed E-state index contributed by atoms with van der Waals surface area (Å²) in [7, 11) is 0. The standard InChI is InChI=1S/C22H24N4/c1-3-17-10-12-19(13-11-17)24-22-23-16(2)15-21(25-22)26-14-6-8-18-7-4-5-9-20(18)26/h4-5,7,9-13,15H,3,6,8,14H2,1-2H3,(H,23,24,25). The van der Waals surface area contributed by atoms with Crippen molar-refractivity contribution in [2.45, 2.75) is 33.1 Å². The third-order valence-corrected chi connectivity index (χ3v) is 4.85. The molecule has 0 unspecified atom stereocenters. The molecule has 0 bridgehead atoms. The van der Waals surface area contributed by atoms with Crippen molar-refractivity contribution >= 4 is 23.1 Å². The molecule has 0 atom stereocenters. The molecule has 0 radical (unpaired) electrons. The topological polar surface area (TPSA) is 41.1 Å². The first-order valence-electron chi connectivity index (χ1n) is 9.30. The van der Waals surface area contributed by atoms with E-state index in [0.717, 1.165) is 43.0 Å². The van der Waals surface area contributed by atoms with Crippen molar-refractivity contribution in [3.8, 4) is 0 Å². The highest BCUT2D eigenvalue weighted by Gasteiger charge is 2.19. The maximum atomic E-state index is 4.80. The van der Waals surface area contributed by atoms with E-state index in [-0.39, 0.29) is 0 Å². The lowest BCUT2D eigenvalue weighted by atomic mass is 10.0. The van der Waals surface area contributed by atoms with E-state index in [0.29, 0.717) is 5.95 Å². The summed E-state index contributed by atoms with van der Waals surface area (Å²) in [4.78, 5) is 11.7. The number of benzene rings is 2. The van der Waals surface area contributed by atoms with Gasteiger partial charge in [0.1, 0.15) is 5.82 Å². The molecular weight excluding hydrogens is 320 g/mol. The highest BCUT2D eigenvalue weighted by atomic mass is 15.2. The summed E-state index contributed by atoms with van der Waals surface area (Å²) in [5, 5.41) is 3.35. The number of nitrogens with one attached hydrogen (secondary N) is 1. The molecule has 0 saturated heterocycles. The van der Waals surface area contributed by atoms with Gasteiger partial charge in [0, 0.05) is 29.7 Å². The van der Waals surface area contributed by atoms with E-state index in [1.165, 1.54) is 16.8 Å². The molecule has 1 aromatic heterocycles. The van der Waals surface area contributed by atoms with Crippen LogP contribution >= 0.6 is 0 Å². The Kier molecular flexibility index (Phi) is 4.57. The molecule has 2 aromatic carbocycles. The van der Waals surface area contributed by atoms with Gasteiger partial charge in [-0.2, -0.15) is 4.98 Å². The number of hydrogen-bond donors (Lipinski definition) is 1. The SMILES string of the molecule is CCc1ccc(Nc2nc(C)cc(N3CCCc4ccccc43)n2)cc1. The summed E-state index contributed by atoms with van der Waals surface area (Å²) >= 11 is 0. The molecule has 132 valence electrons. The van der Waals surface area contributed by atoms with Gasteiger partial charge in [0.15, 0.2) is 0 Å². The summed E-state index contributed by atoms with van der Waals surface area (Å²) < 4.78 is 0. The zero-order chi connectivity index (χ0) is 17.9. The van der Waals surface area contributed by atoms with E-state index >= 15 is 0 Å². The van der Waals surface area contributed by atoms with Crippen LogP contribution in [0.1, 0.15) is 30.2 Å². The van der Waals surface area contributed by atoms with Gasteiger partial charge in [-0.3, -0.25) is 0 Å². The highest BCUT2D eigenvalue weighted by molar-refractivity contribution is 5.67. The highest BCUT2D eigenvalue weighted by Crippen LogP contribution is 2.33. The Balaban J connectivity index is 1.64. The van der Waals surface area contributed by atoms with Gasteiger partial charge >= 0.3 is 0 Å². The minimum Gasteiger partial charge on any atom is -0.326 e. The second-order valence-electron chi connectivity index (χ2n) is 6.75. The first kappa shape index (κ1) is 16.6. The maximum absolute atomic E-state index is 4.80. The van der Waals surface area contributed by atoms with Crippen LogP contribution < -0.4 is 10.2 Å². The summed E-state index contributed by atoms with van der Waals surface area (Å²) in [5.74, 6) is 1.60. The van der Waals surface area contributed by atoms with Crippen molar-refractivity contribution in [3.63, 3.8) is 0 Å². The van der Waals surface area contributed by atoms with Crippen molar-refractivity contribution < 1.29 is 0 Å². The Hall–Kier alpha value is -2.88. The van der Waals surface area contributed by atoms with Gasteiger partial charge < -0.3 is 10.2 Å². The molecule has 0 spiro atoms. The fourth-order valence-corrected chi connectivity index (χ4v) is 3.47. The van der Waals surface area contributed by atoms with Crippen LogP contribution in [0.5, 0.6) is 0 Å². The van der Waals surface area contributed by atoms with E-state index < -0.39 is 0 Å². The van der Waals surface area contributed by atoms with Gasteiger partial charge in [0.25, 0.3) is 0 Å². The third-order valence-electron chi connectivity index (χ3n) is 4.85. The van der Waals surface area contributed by atoms with Crippen molar-refractivity contribution in [2.24, 2.45) is 0 Å². The van der Waals surface area contributed by atoms with Crippen LogP contribution in [0.3, 0.4) is 0 Å². The fourth-order valence-electron chi connectivity index (χ4n) is 3.47. The Morgan fingerprint density at radius 1 is 1.04 bits per heavy atom. The molecule has 26 heavy (non-hydrogen) atoms. The number of aromatic nitrogens is 2. The Morgan fingerprint density at radius 2 is 1.85 bits per heavy atom. The van der Waals surface area contributed by atoms with Crippen molar-refractivity contribution in [2.75, 3.05) is 16.8 Å². The molecule has 0 aliphatic carbocycles. The number of nitrogens with zero attached hydrogens (tertiary/aromatic N) is 3. The summed E-state index contributed by atoms with van der Waals surface area (Å²) in [6, 6.07) is 19.1. The second kappa shape index (κ2) is 7.16. The Morgan fingerprint density at radius 3 is 2.65 bits per heavy atom. The van der Waals surface area contributed by atoms with Crippen molar-refractivity contribution in [1.29, 1.82) is 0 Å². The van der Waals surface area contributed by atoms with Gasteiger partial charge in [-0.05, 0) is 55.5 Å². The van der Waals surface area contributed by atoms with Crippen LogP contribution in [0, 0.1) is 6.92 Å². The quantitative estimate of drug-likeness (QED) is 0.708. The van der Waals surface area contributed by atoms with Gasteiger partial charge in [-0.25, -0.2) is 4.98 Å². The average molecular weight is 344 g/mol. The number of fused-ring (bicyclic) bond motifs is 1. The molecule has 0 saturated carbocycles. The molecule has 0 fully saturated rings. The molecule has 4 nitrogen and oxygen atoms in total. The lowest BCUT2D eigenvalue weighted by molar-refractivity contribution is 0.758. The molecule has 4 rings (SSSR count). The maximum Gasteiger partial charge on any atom is 0.229 e. The number of rotatable bonds is 4. The van der Waals surface area contributed by atoms with Gasteiger partial charge in [-0.15, -0.1) is 0 Å². The molecule has 2 heterocycles. The largest absolute Gasteiger partial charge is 0.326 e. The summed E-state index contributed by atoms with van der Waals surface area (Å²) in [6.45, 7) is 5.17. The van der Waals surface area contributed by atoms with Crippen LogP contribution in [0.25, 0.3) is 0 Å². The van der Waals surface area contributed by atoms with Crippen LogP contribution in [-0.2, 0) is 12.8 Å². The zero-order valence-electron chi connectivity index (χ0n) is 15.4. The lowest BCUT2D eigenvalue weighted by Gasteiger charge is -2.30. The third kappa shape index (κ3) is 3.40. The van der Waals surface area contributed by atoms with Crippen molar-refractivity contribution in [1.82, 2.24) is 9.97 Å². The first-order chi connectivity index (χ1) is 12.7. The van der Waals surface area contributed by atoms with E-state index in [2.05, 4.69) is 76.7 Å². The molecule has 4 heteroatoms. The predicted molar refractivity (Wildman–Crippen MR) is 108 cm³/mol. The summed E-state index contributed by atoms with van der Waals surface area (Å²) in [5.41, 5.74) is 5.95. The van der Waals surface area contributed by atoms with Crippen molar-refractivity contribution in [3.05, 3.63) is 71.4 Å². The van der Waals surface area contributed by atoms with Crippen LogP contribution in [0.4, 0.5) is 23.1 Å². The van der Waals surface area contributed by atoms with Gasteiger partial charge in [0.2, 0.25) is 5.95 Å². The lowest BCUT2D eigenvalue weighted by Crippen LogP contribution is -2.25. The minimum absolute atomic E-state index is 0.646. The zero-order valence-corrected chi connectivity index (χ0v) is 15.4. The fraction of sp³-hybridized carbons (Fsp3) is 0.273. The normalized spacial score (nSPS) is 13.4. The monoisotopic (exact) mass is 344 g/mol. The smallest absolute Gasteiger partial charge is 0.229 e. The molecule has 3 aromatic rings. The minimum atomic E-state index is 0.646. The summed E-state index contributed by atoms with van der Waals surface area (Å²) in [6.07, 6.45) is 3.31. The number of hydrogen-bond acceptors (Lipinski definition) is 4. The van der Waals surface area contributed by atoms with E-state index in [1.807, 2.05) is 6.92 Å². The number of aryl methyl sites for hydroxylation is 3. The molecule has 0 amide bonds. The second-order valence-corrected chi connectivity index (χ2v) is 6.75. The predicted octanol–water partition coefficient (Wildman–Crippen LogP) is 5.18. The Bertz CT molecular complexity index is 902. The Labute approximate surface area is 154 Å². The van der Waals surface area contributed by atoms with Gasteiger partial charge in [0.05, 0.1) is 0 Å². The van der Waals surface area contributed by atoms with Crippen LogP contribution in [0.2, 0.25) is 0 Å². The van der Waals surface area contributed by atoms with Crippen LogP contribution in [0.15, 0.2) is 54.6 Å². The van der Waals surface area contributed by atoms with E-state index in [4.69, 9.17) is 4.98 Å². The molecular formula is C22H24N4. The average Bonchev–Trinajstić information content (AvgIpc) is 2.67. The van der Waals surface area contributed by atoms with E-state index in [9.17, 15) is 0 Å². The molecule has 1 aliphatic heterocycles.